The van der Waals surface area contributed by atoms with Crippen molar-refractivity contribution in [3.63, 3.8) is 0 Å². The SMILES string of the molecule is CC1CC1CNc1ncc(Cl)cc1N. The third kappa shape index (κ3) is 2.10. The number of anilines is 2. The Bertz CT molecular complexity index is 340. The highest BCUT2D eigenvalue weighted by atomic mass is 35.5. The molecule has 1 aromatic rings. The Balaban J connectivity index is 1.95. The Hall–Kier alpha value is -0.960. The first-order valence-electron chi connectivity index (χ1n) is 4.81. The molecule has 2 unspecified atom stereocenters. The lowest BCUT2D eigenvalue weighted by atomic mass is 10.3. The molecule has 1 aromatic heterocycles. The standard InChI is InChI=1S/C10H14ClN3/c1-6-2-7(6)4-13-10-9(12)3-8(11)5-14-10/h3,5-7H,2,4,12H2,1H3,(H,13,14). The molecule has 0 spiro atoms. The maximum atomic E-state index is 5.75. The molecule has 14 heavy (non-hydrogen) atoms. The lowest BCUT2D eigenvalue weighted by Crippen LogP contribution is -2.08. The van der Waals surface area contributed by atoms with Crippen LogP contribution in [0, 0.1) is 11.8 Å². The lowest BCUT2D eigenvalue weighted by molar-refractivity contribution is 0.785. The average molecular weight is 212 g/mol. The summed E-state index contributed by atoms with van der Waals surface area (Å²) in [4.78, 5) is 4.13. The summed E-state index contributed by atoms with van der Waals surface area (Å²) in [5, 5.41) is 3.81. The number of hydrogen-bond acceptors (Lipinski definition) is 3. The van der Waals surface area contributed by atoms with Crippen LogP contribution >= 0.6 is 11.6 Å². The summed E-state index contributed by atoms with van der Waals surface area (Å²) in [7, 11) is 0. The minimum atomic E-state index is 0.577. The molecule has 0 amide bonds. The maximum Gasteiger partial charge on any atom is 0.149 e. The van der Waals surface area contributed by atoms with Gasteiger partial charge in [-0.25, -0.2) is 4.98 Å². The summed E-state index contributed by atoms with van der Waals surface area (Å²) in [5.41, 5.74) is 6.37. The minimum Gasteiger partial charge on any atom is -0.396 e. The van der Waals surface area contributed by atoms with Gasteiger partial charge in [-0.05, 0) is 24.3 Å². The molecule has 1 aliphatic carbocycles. The average Bonchev–Trinajstić information content (AvgIpc) is 2.80. The fourth-order valence-corrected chi connectivity index (χ4v) is 1.68. The van der Waals surface area contributed by atoms with Gasteiger partial charge in [0.1, 0.15) is 5.82 Å². The van der Waals surface area contributed by atoms with E-state index in [2.05, 4.69) is 17.2 Å². The molecule has 0 radical (unpaired) electrons. The number of nitrogens with one attached hydrogen (secondary N) is 1. The lowest BCUT2D eigenvalue weighted by Gasteiger charge is -2.07. The molecule has 1 heterocycles. The van der Waals surface area contributed by atoms with E-state index in [9.17, 15) is 0 Å². The van der Waals surface area contributed by atoms with Crippen molar-refractivity contribution in [3.8, 4) is 0 Å². The van der Waals surface area contributed by atoms with Crippen LogP contribution in [0.5, 0.6) is 0 Å². The first kappa shape index (κ1) is 9.59. The third-order valence-electron chi connectivity index (χ3n) is 2.69. The molecule has 2 rings (SSSR count). The van der Waals surface area contributed by atoms with Crippen LogP contribution in [0.15, 0.2) is 12.3 Å². The van der Waals surface area contributed by atoms with Crippen molar-refractivity contribution in [1.29, 1.82) is 0 Å². The van der Waals surface area contributed by atoms with Crippen LogP contribution in [-0.2, 0) is 0 Å². The summed E-state index contributed by atoms with van der Waals surface area (Å²) in [6.45, 7) is 3.21. The van der Waals surface area contributed by atoms with Crippen LogP contribution in [0.1, 0.15) is 13.3 Å². The number of hydrogen-bond donors (Lipinski definition) is 2. The predicted octanol–water partition coefficient (Wildman–Crippen LogP) is 2.39. The van der Waals surface area contributed by atoms with Crippen molar-refractivity contribution in [1.82, 2.24) is 4.98 Å². The molecular weight excluding hydrogens is 198 g/mol. The van der Waals surface area contributed by atoms with Crippen molar-refractivity contribution in [2.75, 3.05) is 17.6 Å². The molecule has 3 N–H and O–H groups in total. The number of halogens is 1. The van der Waals surface area contributed by atoms with Crippen LogP contribution in [0.25, 0.3) is 0 Å². The van der Waals surface area contributed by atoms with E-state index in [-0.39, 0.29) is 0 Å². The van der Waals surface area contributed by atoms with Gasteiger partial charge in [0.25, 0.3) is 0 Å². The van der Waals surface area contributed by atoms with E-state index in [1.54, 1.807) is 12.3 Å². The molecular formula is C10H14ClN3. The van der Waals surface area contributed by atoms with E-state index >= 15 is 0 Å². The smallest absolute Gasteiger partial charge is 0.149 e. The molecule has 1 aliphatic rings. The predicted molar refractivity (Wildman–Crippen MR) is 59.4 cm³/mol. The summed E-state index contributed by atoms with van der Waals surface area (Å²) in [5.74, 6) is 2.37. The Labute approximate surface area is 88.7 Å². The molecule has 1 saturated carbocycles. The van der Waals surface area contributed by atoms with E-state index in [1.165, 1.54) is 6.42 Å². The fourth-order valence-electron chi connectivity index (χ4n) is 1.51. The molecule has 0 bridgehead atoms. The summed E-state index contributed by atoms with van der Waals surface area (Å²) in [6.07, 6.45) is 2.91. The van der Waals surface area contributed by atoms with E-state index in [1.807, 2.05) is 0 Å². The van der Waals surface area contributed by atoms with Crippen molar-refractivity contribution in [2.24, 2.45) is 11.8 Å². The summed E-state index contributed by atoms with van der Waals surface area (Å²) in [6, 6.07) is 1.72. The number of rotatable bonds is 3. The van der Waals surface area contributed by atoms with Gasteiger partial charge in [0.15, 0.2) is 0 Å². The minimum absolute atomic E-state index is 0.577. The van der Waals surface area contributed by atoms with Crippen molar-refractivity contribution in [3.05, 3.63) is 17.3 Å². The molecule has 76 valence electrons. The Kier molecular flexibility index (Phi) is 2.50. The van der Waals surface area contributed by atoms with Crippen LogP contribution in [0.2, 0.25) is 5.02 Å². The Morgan fingerprint density at radius 2 is 2.43 bits per heavy atom. The molecule has 3 nitrogen and oxygen atoms in total. The Morgan fingerprint density at radius 1 is 1.71 bits per heavy atom. The highest BCUT2D eigenvalue weighted by Crippen LogP contribution is 2.37. The zero-order chi connectivity index (χ0) is 10.1. The number of nitrogens with zero attached hydrogens (tertiary/aromatic N) is 1. The van der Waals surface area contributed by atoms with Gasteiger partial charge < -0.3 is 11.1 Å². The Morgan fingerprint density at radius 3 is 3.00 bits per heavy atom. The van der Waals surface area contributed by atoms with Crippen molar-refractivity contribution >= 4 is 23.1 Å². The van der Waals surface area contributed by atoms with Gasteiger partial charge in [-0.2, -0.15) is 0 Å². The molecule has 2 atom stereocenters. The van der Waals surface area contributed by atoms with Crippen LogP contribution in [-0.4, -0.2) is 11.5 Å². The highest BCUT2D eigenvalue weighted by molar-refractivity contribution is 6.30. The first-order valence-corrected chi connectivity index (χ1v) is 5.19. The van der Waals surface area contributed by atoms with Gasteiger partial charge in [-0.15, -0.1) is 0 Å². The number of pyridine rings is 1. The van der Waals surface area contributed by atoms with Crippen LogP contribution < -0.4 is 11.1 Å². The summed E-state index contributed by atoms with van der Waals surface area (Å²) < 4.78 is 0. The van der Waals surface area contributed by atoms with E-state index in [0.29, 0.717) is 10.7 Å². The first-order chi connectivity index (χ1) is 6.66. The number of nitrogens with two attached hydrogens (primary N) is 1. The van der Waals surface area contributed by atoms with E-state index < -0.39 is 0 Å². The van der Waals surface area contributed by atoms with Gasteiger partial charge in [0.05, 0.1) is 10.7 Å². The van der Waals surface area contributed by atoms with Crippen LogP contribution in [0.3, 0.4) is 0 Å². The second-order valence-corrected chi connectivity index (χ2v) is 4.38. The van der Waals surface area contributed by atoms with Gasteiger partial charge in [0.2, 0.25) is 0 Å². The normalized spacial score (nSPS) is 24.7. The largest absolute Gasteiger partial charge is 0.396 e. The van der Waals surface area contributed by atoms with Gasteiger partial charge >= 0.3 is 0 Å². The second kappa shape index (κ2) is 3.65. The van der Waals surface area contributed by atoms with Crippen molar-refractivity contribution < 1.29 is 0 Å². The topological polar surface area (TPSA) is 50.9 Å². The summed E-state index contributed by atoms with van der Waals surface area (Å²) >= 11 is 5.74. The van der Waals surface area contributed by atoms with Gasteiger partial charge in [0, 0.05) is 12.7 Å². The maximum absolute atomic E-state index is 5.75. The molecule has 0 aromatic carbocycles. The highest BCUT2D eigenvalue weighted by Gasteiger charge is 2.32. The molecule has 1 fully saturated rings. The molecule has 4 heteroatoms. The van der Waals surface area contributed by atoms with Gasteiger partial charge in [-0.1, -0.05) is 18.5 Å². The zero-order valence-electron chi connectivity index (χ0n) is 8.13. The third-order valence-corrected chi connectivity index (χ3v) is 2.90. The monoisotopic (exact) mass is 211 g/mol. The quantitative estimate of drug-likeness (QED) is 0.807. The second-order valence-electron chi connectivity index (χ2n) is 3.95. The zero-order valence-corrected chi connectivity index (χ0v) is 8.88. The van der Waals surface area contributed by atoms with Crippen LogP contribution in [0.4, 0.5) is 11.5 Å². The van der Waals surface area contributed by atoms with Gasteiger partial charge in [-0.3, -0.25) is 0 Å². The number of nitrogen functional groups attached to an aromatic ring is 1. The fraction of sp³-hybridized carbons (Fsp3) is 0.500. The van der Waals surface area contributed by atoms with Crippen molar-refractivity contribution in [2.45, 2.75) is 13.3 Å². The molecule has 0 aliphatic heterocycles. The van der Waals surface area contributed by atoms with E-state index in [0.717, 1.165) is 24.2 Å². The number of aromatic nitrogens is 1. The van der Waals surface area contributed by atoms with E-state index in [4.69, 9.17) is 17.3 Å². The molecule has 0 saturated heterocycles.